The molecule has 5 aliphatic heterocycles. The molecule has 0 radical (unpaired) electrons. The van der Waals surface area contributed by atoms with Crippen LogP contribution in [0.4, 0.5) is 13.6 Å². The van der Waals surface area contributed by atoms with Crippen molar-refractivity contribution in [1.29, 1.82) is 0 Å². The summed E-state index contributed by atoms with van der Waals surface area (Å²) >= 11 is 4.29. The minimum atomic E-state index is -0.519. The van der Waals surface area contributed by atoms with E-state index < -0.39 is 17.7 Å². The van der Waals surface area contributed by atoms with Gasteiger partial charge in [-0.1, -0.05) is 0 Å². The number of ether oxygens (including phenoxy) is 1. The van der Waals surface area contributed by atoms with Gasteiger partial charge in [0.05, 0.1) is 9.81 Å². The molecule has 0 saturated carbocycles. The summed E-state index contributed by atoms with van der Waals surface area (Å²) in [5.41, 5.74) is 7.27. The van der Waals surface area contributed by atoms with E-state index in [2.05, 4.69) is 20.8 Å². The van der Waals surface area contributed by atoms with Crippen molar-refractivity contribution in [3.8, 4) is 11.5 Å². The summed E-state index contributed by atoms with van der Waals surface area (Å²) in [7, 11) is 0. The van der Waals surface area contributed by atoms with Crippen molar-refractivity contribution in [3.05, 3.63) is 69.0 Å². The van der Waals surface area contributed by atoms with Crippen molar-refractivity contribution in [2.75, 3.05) is 50.8 Å². The van der Waals surface area contributed by atoms with Gasteiger partial charge in [0.2, 0.25) is 0 Å². The van der Waals surface area contributed by atoms with Crippen LogP contribution in [-0.2, 0) is 9.59 Å². The molecule has 0 bridgehead atoms. The van der Waals surface area contributed by atoms with Gasteiger partial charge in [-0.2, -0.15) is 21.7 Å². The van der Waals surface area contributed by atoms with Gasteiger partial charge in [-0.3, -0.25) is 19.6 Å². The summed E-state index contributed by atoms with van der Waals surface area (Å²) in [6.07, 6.45) is 6.91. The maximum absolute atomic E-state index is 13.8. The van der Waals surface area contributed by atoms with Gasteiger partial charge in [0.25, 0.3) is 11.8 Å². The van der Waals surface area contributed by atoms with Gasteiger partial charge in [-0.25, -0.2) is 24.4 Å². The van der Waals surface area contributed by atoms with Crippen LogP contribution in [0, 0.1) is 11.6 Å². The van der Waals surface area contributed by atoms with Crippen molar-refractivity contribution >= 4 is 75.7 Å². The first kappa shape index (κ1) is 35.9. The van der Waals surface area contributed by atoms with E-state index >= 15 is 0 Å². The molecule has 0 spiro atoms. The predicted octanol–water partition coefficient (Wildman–Crippen LogP) is 5.05. The van der Waals surface area contributed by atoms with Gasteiger partial charge in [0.15, 0.2) is 10.3 Å². The average Bonchev–Trinajstić information content (AvgIpc) is 3.69. The number of aliphatic imine (C=N–C) groups is 2. The molecule has 5 heterocycles. The number of hydrogen-bond donors (Lipinski definition) is 3. The Hall–Kier alpha value is -3.90. The van der Waals surface area contributed by atoms with E-state index in [4.69, 9.17) is 4.74 Å². The van der Waals surface area contributed by atoms with Gasteiger partial charge in [-0.15, -0.1) is 0 Å². The second-order valence-electron chi connectivity index (χ2n) is 11.5. The molecule has 3 N–H and O–H groups in total. The quantitative estimate of drug-likeness (QED) is 0.363. The molecule has 3 fully saturated rings. The highest BCUT2D eigenvalue weighted by Gasteiger charge is 2.29. The first-order chi connectivity index (χ1) is 24.2. The van der Waals surface area contributed by atoms with Gasteiger partial charge in [0.1, 0.15) is 23.1 Å². The van der Waals surface area contributed by atoms with Crippen LogP contribution >= 0.6 is 35.3 Å². The molecule has 2 aromatic carbocycles. The molecular weight excluding hydrogens is 709 g/mol. The highest BCUT2D eigenvalue weighted by Crippen LogP contribution is 2.34. The Balaban J connectivity index is 0.000000182. The topological polar surface area (TPSA) is 139 Å². The molecule has 5 aliphatic rings. The number of aromatic hydroxyl groups is 1. The summed E-state index contributed by atoms with van der Waals surface area (Å²) in [4.78, 5) is 47.3. The third kappa shape index (κ3) is 9.25. The minimum Gasteiger partial charge on any atom is -0.507 e. The van der Waals surface area contributed by atoms with E-state index in [1.54, 1.807) is 22.7 Å². The van der Waals surface area contributed by atoms with Crippen molar-refractivity contribution in [1.82, 2.24) is 25.8 Å². The number of hydrazine groups is 2. The molecule has 264 valence electrons. The lowest BCUT2D eigenvalue weighted by Gasteiger charge is -2.28. The van der Waals surface area contributed by atoms with Crippen LogP contribution in [0.2, 0.25) is 0 Å². The molecule has 3 amide bonds. The third-order valence-corrected chi connectivity index (χ3v) is 10.9. The van der Waals surface area contributed by atoms with E-state index in [0.717, 1.165) is 69.4 Å². The number of phenolic OH excluding ortho intramolecular Hbond substituents is 1. The summed E-state index contributed by atoms with van der Waals surface area (Å²) in [5, 5.41) is 14.7. The Morgan fingerprint density at radius 1 is 0.780 bits per heavy atom. The van der Waals surface area contributed by atoms with Crippen molar-refractivity contribution in [3.63, 3.8) is 0 Å². The molecule has 0 aliphatic carbocycles. The lowest BCUT2D eigenvalue weighted by Crippen LogP contribution is -2.45. The molecule has 50 heavy (non-hydrogen) atoms. The van der Waals surface area contributed by atoms with E-state index in [9.17, 15) is 28.3 Å². The lowest BCUT2D eigenvalue weighted by atomic mass is 10.2. The highest BCUT2D eigenvalue weighted by atomic mass is 32.2. The van der Waals surface area contributed by atoms with E-state index in [0.29, 0.717) is 44.4 Å². The Morgan fingerprint density at radius 2 is 1.32 bits per heavy atom. The highest BCUT2D eigenvalue weighted by molar-refractivity contribution is 8.18. The summed E-state index contributed by atoms with van der Waals surface area (Å²) in [6, 6.07) is 7.64. The Morgan fingerprint density at radius 3 is 1.86 bits per heavy atom. The van der Waals surface area contributed by atoms with Crippen molar-refractivity contribution in [2.24, 2.45) is 9.98 Å². The first-order valence-electron chi connectivity index (χ1n) is 16.1. The molecule has 0 atom stereocenters. The second-order valence-corrected chi connectivity index (χ2v) is 14.7. The number of phenols is 1. The van der Waals surface area contributed by atoms with Crippen molar-refractivity contribution in [2.45, 2.75) is 25.7 Å². The standard InChI is InChI=1S/C19H21FN4O3S2.C14H14FN3O2S/c20-14-4-3-13(15(12-14)27-19(26)23-7-9-28-10-8-23)11-16-17(25)22-18(29-16)24-6-2-1-5-21-24;15-10-4-3-9(11(19)8-10)7-12-13(20)17-14(21-12)18-6-2-1-5-16-18/h3-4,11-12,21H,1-2,5-10H2;3-4,7-8,16,19H,1-2,5-6H2/b16-11+;12-7-. The van der Waals surface area contributed by atoms with Gasteiger partial charge in [0, 0.05) is 74.0 Å². The molecular formula is C33H35F2N7O5S3. The Labute approximate surface area is 300 Å². The third-order valence-electron chi connectivity index (χ3n) is 7.91. The van der Waals surface area contributed by atoms with Crippen LogP contribution in [-0.4, -0.2) is 99.0 Å². The average molecular weight is 744 g/mol. The number of rotatable bonds is 3. The van der Waals surface area contributed by atoms with Gasteiger partial charge >= 0.3 is 6.09 Å². The monoisotopic (exact) mass is 743 g/mol. The predicted molar refractivity (Wildman–Crippen MR) is 193 cm³/mol. The van der Waals surface area contributed by atoms with E-state index in [-0.39, 0.29) is 23.3 Å². The number of halogens is 2. The molecule has 2 aromatic rings. The fraction of sp³-hybridized carbons (Fsp3) is 0.364. The Kier molecular flexibility index (Phi) is 12.1. The number of hydrogen-bond acceptors (Lipinski definition) is 12. The summed E-state index contributed by atoms with van der Waals surface area (Å²) in [6.45, 7) is 4.52. The summed E-state index contributed by atoms with van der Waals surface area (Å²) in [5.74, 6) is -0.119. The molecule has 0 unspecified atom stereocenters. The van der Waals surface area contributed by atoms with Crippen LogP contribution in [0.5, 0.6) is 11.5 Å². The van der Waals surface area contributed by atoms with Crippen LogP contribution in [0.3, 0.4) is 0 Å². The zero-order valence-corrected chi connectivity index (χ0v) is 29.4. The molecule has 12 nitrogen and oxygen atoms in total. The lowest BCUT2D eigenvalue weighted by molar-refractivity contribution is -0.114. The second kappa shape index (κ2) is 16.9. The first-order valence-corrected chi connectivity index (χ1v) is 18.9. The van der Waals surface area contributed by atoms with Crippen molar-refractivity contribution < 1.29 is 33.0 Å². The molecule has 7 rings (SSSR count). The normalized spacial score (nSPS) is 21.3. The number of amidine groups is 2. The fourth-order valence-electron chi connectivity index (χ4n) is 5.27. The zero-order chi connectivity index (χ0) is 35.0. The van der Waals surface area contributed by atoms with Crippen LogP contribution < -0.4 is 15.6 Å². The maximum atomic E-state index is 13.8. The number of carbonyl (C=O) groups is 3. The zero-order valence-electron chi connectivity index (χ0n) is 26.9. The van der Waals surface area contributed by atoms with Crippen LogP contribution in [0.15, 0.2) is 56.2 Å². The molecule has 3 saturated heterocycles. The number of benzene rings is 2. The smallest absolute Gasteiger partial charge is 0.415 e. The van der Waals surface area contributed by atoms with E-state index in [1.807, 2.05) is 10.0 Å². The fourth-order valence-corrected chi connectivity index (χ4v) is 7.99. The molecule has 17 heteroatoms. The van der Waals surface area contributed by atoms with E-state index in [1.165, 1.54) is 59.9 Å². The van der Waals surface area contributed by atoms with Gasteiger partial charge in [-0.05, 0) is 85.6 Å². The largest absolute Gasteiger partial charge is 0.507 e. The number of nitrogens with one attached hydrogen (secondary N) is 2. The molecule has 0 aromatic heterocycles. The van der Waals surface area contributed by atoms with Crippen LogP contribution in [0.25, 0.3) is 12.2 Å². The van der Waals surface area contributed by atoms with Crippen LogP contribution in [0.1, 0.15) is 36.8 Å². The minimum absolute atomic E-state index is 0.0960. The van der Waals surface area contributed by atoms with Gasteiger partial charge < -0.3 is 14.7 Å². The number of nitrogens with zero attached hydrogens (tertiary/aromatic N) is 5. The summed E-state index contributed by atoms with van der Waals surface area (Å²) < 4.78 is 32.2. The SMILES string of the molecule is O=C1N=C(N2CCCCN2)S/C1=C/c1ccc(F)cc1OC(=O)N1CCSCC1.O=C1N=C(N2CCCCN2)S/C1=C\c1ccc(F)cc1O. The number of amides is 3. The Bertz CT molecular complexity index is 1750. The number of thioether (sulfide) groups is 3. The number of carbonyl (C=O) groups excluding carboxylic acids is 3. The maximum Gasteiger partial charge on any atom is 0.415 e.